The highest BCUT2D eigenvalue weighted by Crippen LogP contribution is 2.37. The molecule has 5 rings (SSSR count). The standard InChI is InChI=1S/C23H24N6O4S/c1-32-19-9-14-12-29(22(31)15(14)10-20(19)33-2)23-27-17(13-34-23)21(30)26-16-11-25-4-3-18(16)28-7-5-24-6-8-28/h3-4,9-11,13,24H,5-8,12H2,1-2H3,(H,26,30). The Balaban J connectivity index is 1.34. The van der Waals surface area contributed by atoms with Crippen LogP contribution in [0.25, 0.3) is 0 Å². The monoisotopic (exact) mass is 480 g/mol. The maximum Gasteiger partial charge on any atom is 0.275 e. The highest BCUT2D eigenvalue weighted by Gasteiger charge is 2.32. The Kier molecular flexibility index (Phi) is 6.03. The maximum absolute atomic E-state index is 13.0. The van der Waals surface area contributed by atoms with Gasteiger partial charge in [0.1, 0.15) is 5.69 Å². The summed E-state index contributed by atoms with van der Waals surface area (Å²) in [7, 11) is 3.09. The number of anilines is 3. The molecule has 34 heavy (non-hydrogen) atoms. The Bertz CT molecular complexity index is 1240. The van der Waals surface area contributed by atoms with Crippen molar-refractivity contribution < 1.29 is 19.1 Å². The molecular weight excluding hydrogens is 456 g/mol. The molecule has 0 bridgehead atoms. The first-order valence-electron chi connectivity index (χ1n) is 10.8. The van der Waals surface area contributed by atoms with E-state index in [9.17, 15) is 9.59 Å². The summed E-state index contributed by atoms with van der Waals surface area (Å²) >= 11 is 1.25. The molecule has 0 radical (unpaired) electrons. The number of nitrogens with zero attached hydrogens (tertiary/aromatic N) is 4. The van der Waals surface area contributed by atoms with E-state index >= 15 is 0 Å². The topological polar surface area (TPSA) is 109 Å². The molecule has 0 unspecified atom stereocenters. The van der Waals surface area contributed by atoms with Gasteiger partial charge in [-0.3, -0.25) is 19.5 Å². The Morgan fingerprint density at radius 1 is 1.18 bits per heavy atom. The molecule has 0 aliphatic carbocycles. The first kappa shape index (κ1) is 22.1. The molecule has 1 fully saturated rings. The number of carbonyl (C=O) groups is 2. The SMILES string of the molecule is COc1cc2c(cc1OC)C(=O)N(c1nc(C(=O)Nc3cnccc3N3CCNCC3)cs1)C2. The van der Waals surface area contributed by atoms with Gasteiger partial charge in [0.2, 0.25) is 0 Å². The van der Waals surface area contributed by atoms with Crippen LogP contribution in [0.3, 0.4) is 0 Å². The number of thiazole rings is 1. The van der Waals surface area contributed by atoms with E-state index in [0.717, 1.165) is 37.4 Å². The summed E-state index contributed by atoms with van der Waals surface area (Å²) in [6, 6.07) is 5.38. The molecule has 2 aliphatic rings. The van der Waals surface area contributed by atoms with Crippen molar-refractivity contribution in [2.45, 2.75) is 6.54 Å². The maximum atomic E-state index is 13.0. The average molecular weight is 481 g/mol. The van der Waals surface area contributed by atoms with Gasteiger partial charge in [-0.15, -0.1) is 11.3 Å². The van der Waals surface area contributed by atoms with Gasteiger partial charge in [0.25, 0.3) is 11.8 Å². The predicted octanol–water partition coefficient (Wildman–Crippen LogP) is 2.38. The third-order valence-corrected chi connectivity index (χ3v) is 6.74. The smallest absolute Gasteiger partial charge is 0.275 e. The predicted molar refractivity (Wildman–Crippen MR) is 129 cm³/mol. The van der Waals surface area contributed by atoms with Crippen molar-refractivity contribution in [2.75, 3.05) is 55.5 Å². The number of aromatic nitrogens is 2. The molecule has 4 heterocycles. The Hall–Kier alpha value is -3.70. The zero-order valence-corrected chi connectivity index (χ0v) is 19.6. The quantitative estimate of drug-likeness (QED) is 0.554. The average Bonchev–Trinajstić information content (AvgIpc) is 3.49. The van der Waals surface area contributed by atoms with Crippen LogP contribution in [-0.2, 0) is 6.54 Å². The van der Waals surface area contributed by atoms with Gasteiger partial charge in [-0.1, -0.05) is 0 Å². The zero-order chi connectivity index (χ0) is 23.7. The molecule has 0 spiro atoms. The summed E-state index contributed by atoms with van der Waals surface area (Å²) in [5.41, 5.74) is 3.16. The third-order valence-electron chi connectivity index (χ3n) is 5.87. The van der Waals surface area contributed by atoms with Crippen LogP contribution in [0.1, 0.15) is 26.4 Å². The molecule has 2 aromatic heterocycles. The number of piperazine rings is 1. The second-order valence-electron chi connectivity index (χ2n) is 7.85. The summed E-state index contributed by atoms with van der Waals surface area (Å²) in [4.78, 5) is 38.4. The van der Waals surface area contributed by atoms with E-state index in [0.29, 0.717) is 34.4 Å². The van der Waals surface area contributed by atoms with Crippen LogP contribution in [0.2, 0.25) is 0 Å². The molecule has 176 valence electrons. The lowest BCUT2D eigenvalue weighted by Gasteiger charge is -2.30. The van der Waals surface area contributed by atoms with Gasteiger partial charge >= 0.3 is 0 Å². The summed E-state index contributed by atoms with van der Waals surface area (Å²) in [6.07, 6.45) is 3.36. The van der Waals surface area contributed by atoms with Crippen LogP contribution in [0, 0.1) is 0 Å². The minimum atomic E-state index is -0.348. The fourth-order valence-electron chi connectivity index (χ4n) is 4.14. The molecule has 10 nitrogen and oxygen atoms in total. The lowest BCUT2D eigenvalue weighted by molar-refractivity contribution is 0.0991. The number of hydrogen-bond donors (Lipinski definition) is 2. The number of rotatable bonds is 6. The Morgan fingerprint density at radius 2 is 1.94 bits per heavy atom. The van der Waals surface area contributed by atoms with Crippen molar-refractivity contribution in [3.05, 3.63) is 52.8 Å². The highest BCUT2D eigenvalue weighted by atomic mass is 32.1. The molecule has 1 aromatic carbocycles. The van der Waals surface area contributed by atoms with Crippen LogP contribution in [0.5, 0.6) is 11.5 Å². The normalized spacial score (nSPS) is 15.3. The van der Waals surface area contributed by atoms with E-state index in [4.69, 9.17) is 9.47 Å². The number of carbonyl (C=O) groups excluding carboxylic acids is 2. The molecule has 0 saturated carbocycles. The van der Waals surface area contributed by atoms with Crippen LogP contribution in [0.15, 0.2) is 36.0 Å². The Labute approximate surface area is 200 Å². The molecule has 0 atom stereocenters. The van der Waals surface area contributed by atoms with Gasteiger partial charge in [0, 0.05) is 43.3 Å². The summed E-state index contributed by atoms with van der Waals surface area (Å²) in [5.74, 6) is 0.518. The molecule has 1 saturated heterocycles. The minimum Gasteiger partial charge on any atom is -0.493 e. The van der Waals surface area contributed by atoms with Crippen molar-refractivity contribution in [1.29, 1.82) is 0 Å². The molecule has 3 aromatic rings. The van der Waals surface area contributed by atoms with Crippen molar-refractivity contribution in [2.24, 2.45) is 0 Å². The number of ether oxygens (including phenoxy) is 2. The first-order chi connectivity index (χ1) is 16.6. The van der Waals surface area contributed by atoms with Gasteiger partial charge < -0.3 is 25.0 Å². The van der Waals surface area contributed by atoms with Crippen LogP contribution < -0.4 is 29.9 Å². The lowest BCUT2D eigenvalue weighted by Crippen LogP contribution is -2.43. The van der Waals surface area contributed by atoms with E-state index in [1.807, 2.05) is 6.07 Å². The van der Waals surface area contributed by atoms with Crippen molar-refractivity contribution in [3.8, 4) is 11.5 Å². The molecule has 2 N–H and O–H groups in total. The molecule has 2 aliphatic heterocycles. The minimum absolute atomic E-state index is 0.189. The van der Waals surface area contributed by atoms with Crippen LogP contribution >= 0.6 is 11.3 Å². The largest absolute Gasteiger partial charge is 0.493 e. The van der Waals surface area contributed by atoms with Crippen molar-refractivity contribution >= 4 is 39.7 Å². The second-order valence-corrected chi connectivity index (χ2v) is 8.69. The van der Waals surface area contributed by atoms with Crippen molar-refractivity contribution in [3.63, 3.8) is 0 Å². The number of hydrogen-bond acceptors (Lipinski definition) is 9. The van der Waals surface area contributed by atoms with Gasteiger partial charge in [0.15, 0.2) is 16.6 Å². The van der Waals surface area contributed by atoms with E-state index in [1.54, 1.807) is 41.9 Å². The van der Waals surface area contributed by atoms with Gasteiger partial charge in [0.05, 0.1) is 38.3 Å². The summed E-state index contributed by atoms with van der Waals surface area (Å²) in [5, 5.41) is 8.37. The second kappa shape index (κ2) is 9.27. The van der Waals surface area contributed by atoms with Gasteiger partial charge in [-0.25, -0.2) is 4.98 Å². The van der Waals surface area contributed by atoms with Gasteiger partial charge in [-0.2, -0.15) is 0 Å². The number of pyridine rings is 1. The van der Waals surface area contributed by atoms with Crippen LogP contribution in [-0.4, -0.2) is 62.2 Å². The summed E-state index contributed by atoms with van der Waals surface area (Å²) in [6.45, 7) is 3.81. The van der Waals surface area contributed by atoms with Gasteiger partial charge in [-0.05, 0) is 23.8 Å². The van der Waals surface area contributed by atoms with Crippen molar-refractivity contribution in [1.82, 2.24) is 15.3 Å². The fourth-order valence-corrected chi connectivity index (χ4v) is 4.94. The number of nitrogens with one attached hydrogen (secondary N) is 2. The summed E-state index contributed by atoms with van der Waals surface area (Å²) < 4.78 is 10.7. The van der Waals surface area contributed by atoms with E-state index in [2.05, 4.69) is 25.5 Å². The molecular formula is C23H24N6O4S. The molecule has 11 heteroatoms. The number of methoxy groups -OCH3 is 2. The van der Waals surface area contributed by atoms with E-state index in [1.165, 1.54) is 18.4 Å². The third kappa shape index (κ3) is 4.03. The lowest BCUT2D eigenvalue weighted by atomic mass is 10.1. The zero-order valence-electron chi connectivity index (χ0n) is 18.8. The number of amides is 2. The van der Waals surface area contributed by atoms with Crippen LogP contribution in [0.4, 0.5) is 16.5 Å². The number of fused-ring (bicyclic) bond motifs is 1. The first-order valence-corrected chi connectivity index (χ1v) is 11.7. The highest BCUT2D eigenvalue weighted by molar-refractivity contribution is 7.14. The molecule has 2 amide bonds. The van der Waals surface area contributed by atoms with E-state index < -0.39 is 0 Å². The Morgan fingerprint density at radius 3 is 2.71 bits per heavy atom. The van der Waals surface area contributed by atoms with E-state index in [-0.39, 0.29) is 17.5 Å². The fraction of sp³-hybridized carbons (Fsp3) is 0.304. The number of benzene rings is 1.